The van der Waals surface area contributed by atoms with Gasteiger partial charge in [0.15, 0.2) is 11.5 Å². The number of nitrogens with zero attached hydrogens (tertiary/aromatic N) is 1. The molecule has 24 heavy (non-hydrogen) atoms. The summed E-state index contributed by atoms with van der Waals surface area (Å²) in [5.41, 5.74) is 1.26. The Morgan fingerprint density at radius 1 is 1.33 bits per heavy atom. The van der Waals surface area contributed by atoms with Crippen molar-refractivity contribution in [3.8, 4) is 11.5 Å². The van der Waals surface area contributed by atoms with Crippen molar-refractivity contribution in [3.63, 3.8) is 0 Å². The highest BCUT2D eigenvalue weighted by Gasteiger charge is 2.26. The Balaban J connectivity index is 1.93. The molecule has 1 aliphatic heterocycles. The molecule has 0 fully saturated rings. The van der Waals surface area contributed by atoms with Gasteiger partial charge in [-0.2, -0.15) is 0 Å². The Bertz CT molecular complexity index is 767. The smallest absolute Gasteiger partial charge is 0.256 e. The van der Waals surface area contributed by atoms with Gasteiger partial charge in [-0.25, -0.2) is 4.98 Å². The third-order valence-corrected chi connectivity index (χ3v) is 3.93. The maximum atomic E-state index is 12.2. The molecule has 1 aliphatic rings. The van der Waals surface area contributed by atoms with Crippen LogP contribution in [0.2, 0.25) is 5.02 Å². The molecule has 1 atom stereocenters. The predicted molar refractivity (Wildman–Crippen MR) is 91.9 cm³/mol. The third kappa shape index (κ3) is 3.10. The average molecular weight is 348 g/mol. The van der Waals surface area contributed by atoms with Crippen molar-refractivity contribution in [2.75, 3.05) is 19.0 Å². The molecule has 6 nitrogen and oxygen atoms in total. The van der Waals surface area contributed by atoms with Gasteiger partial charge in [0.25, 0.3) is 5.91 Å². The van der Waals surface area contributed by atoms with E-state index in [-0.39, 0.29) is 5.91 Å². The maximum Gasteiger partial charge on any atom is 0.256 e. The van der Waals surface area contributed by atoms with Gasteiger partial charge in [0.05, 0.1) is 24.3 Å². The largest absolute Gasteiger partial charge is 0.493 e. The quantitative estimate of drug-likeness (QED) is 0.867. The first-order chi connectivity index (χ1) is 11.6. The molecule has 0 spiro atoms. The van der Waals surface area contributed by atoms with Crippen molar-refractivity contribution < 1.29 is 14.3 Å². The van der Waals surface area contributed by atoms with E-state index in [9.17, 15) is 4.79 Å². The zero-order valence-electron chi connectivity index (χ0n) is 13.4. The summed E-state index contributed by atoms with van der Waals surface area (Å²) in [6.45, 7) is 2.56. The molecule has 3 rings (SSSR count). The number of ether oxygens (including phenoxy) is 2. The van der Waals surface area contributed by atoms with Crippen molar-refractivity contribution in [3.05, 3.63) is 46.6 Å². The summed E-state index contributed by atoms with van der Waals surface area (Å²) in [5, 5.41) is 6.50. The standard InChI is InChI=1S/C17H18ClN3O3/c1-3-7-24-14-12(18)8-10(9-13(14)23-2)15-20-16-11(17(22)21-15)5-4-6-19-16/h4-6,8-9,15H,3,7H2,1-2H3,(H,19,20)(H,21,22). The van der Waals surface area contributed by atoms with E-state index in [1.807, 2.05) is 6.92 Å². The topological polar surface area (TPSA) is 72.5 Å². The summed E-state index contributed by atoms with van der Waals surface area (Å²) in [6, 6.07) is 6.99. The van der Waals surface area contributed by atoms with Crippen LogP contribution in [0, 0.1) is 0 Å². The summed E-state index contributed by atoms with van der Waals surface area (Å²) in [5.74, 6) is 1.37. The second-order valence-corrected chi connectivity index (χ2v) is 5.74. The number of benzene rings is 1. The molecule has 1 aromatic heterocycles. The molecule has 7 heteroatoms. The molecule has 0 radical (unpaired) electrons. The highest BCUT2D eigenvalue weighted by Crippen LogP contribution is 2.38. The third-order valence-electron chi connectivity index (χ3n) is 3.64. The summed E-state index contributed by atoms with van der Waals surface area (Å²) in [4.78, 5) is 16.4. The van der Waals surface area contributed by atoms with Crippen molar-refractivity contribution in [1.29, 1.82) is 0 Å². The molecule has 126 valence electrons. The fourth-order valence-corrected chi connectivity index (χ4v) is 2.78. The van der Waals surface area contributed by atoms with Gasteiger partial charge in [-0.05, 0) is 36.2 Å². The summed E-state index contributed by atoms with van der Waals surface area (Å²) >= 11 is 6.34. The second-order valence-electron chi connectivity index (χ2n) is 5.33. The highest BCUT2D eigenvalue weighted by molar-refractivity contribution is 6.32. The normalized spacial score (nSPS) is 16.0. The van der Waals surface area contributed by atoms with Crippen LogP contribution in [-0.2, 0) is 0 Å². The molecule has 0 saturated heterocycles. The minimum absolute atomic E-state index is 0.191. The monoisotopic (exact) mass is 347 g/mol. The van der Waals surface area contributed by atoms with Gasteiger partial charge in [-0.15, -0.1) is 0 Å². The van der Waals surface area contributed by atoms with Crippen molar-refractivity contribution >= 4 is 23.3 Å². The van der Waals surface area contributed by atoms with E-state index >= 15 is 0 Å². The number of fused-ring (bicyclic) bond motifs is 1. The Labute approximate surface area is 145 Å². The number of carbonyl (C=O) groups excluding carboxylic acids is 1. The summed E-state index contributed by atoms with van der Waals surface area (Å²) < 4.78 is 11.0. The van der Waals surface area contributed by atoms with Crippen LogP contribution in [0.15, 0.2) is 30.5 Å². The van der Waals surface area contributed by atoms with Crippen LogP contribution in [0.4, 0.5) is 5.82 Å². The van der Waals surface area contributed by atoms with Crippen LogP contribution in [0.5, 0.6) is 11.5 Å². The van der Waals surface area contributed by atoms with Crippen LogP contribution in [-0.4, -0.2) is 24.6 Å². The van der Waals surface area contributed by atoms with Crippen molar-refractivity contribution in [2.24, 2.45) is 0 Å². The molecular weight excluding hydrogens is 330 g/mol. The lowest BCUT2D eigenvalue weighted by Gasteiger charge is -2.27. The highest BCUT2D eigenvalue weighted by atomic mass is 35.5. The van der Waals surface area contributed by atoms with Gasteiger partial charge in [0.1, 0.15) is 12.0 Å². The SMILES string of the molecule is CCCOc1c(Cl)cc(C2NC(=O)c3cccnc3N2)cc1OC. The number of aromatic nitrogens is 1. The fourth-order valence-electron chi connectivity index (χ4n) is 2.50. The van der Waals surface area contributed by atoms with E-state index in [0.29, 0.717) is 34.5 Å². The van der Waals surface area contributed by atoms with Gasteiger partial charge in [0.2, 0.25) is 0 Å². The molecular formula is C17H18ClN3O3. The first kappa shape index (κ1) is 16.4. The molecule has 0 saturated carbocycles. The molecule has 1 unspecified atom stereocenters. The molecule has 2 aromatic rings. The Hall–Kier alpha value is -2.47. The summed E-state index contributed by atoms with van der Waals surface area (Å²) in [7, 11) is 1.55. The van der Waals surface area contributed by atoms with E-state index < -0.39 is 6.17 Å². The number of pyridine rings is 1. The number of halogens is 1. The Morgan fingerprint density at radius 2 is 2.17 bits per heavy atom. The number of rotatable bonds is 5. The van der Waals surface area contributed by atoms with Crippen LogP contribution in [0.3, 0.4) is 0 Å². The van der Waals surface area contributed by atoms with Crippen molar-refractivity contribution in [1.82, 2.24) is 10.3 Å². The first-order valence-corrected chi connectivity index (χ1v) is 8.04. The Kier molecular flexibility index (Phi) is 4.76. The lowest BCUT2D eigenvalue weighted by Crippen LogP contribution is -2.38. The van der Waals surface area contributed by atoms with Crippen LogP contribution < -0.4 is 20.1 Å². The molecule has 1 aromatic carbocycles. The Morgan fingerprint density at radius 3 is 2.92 bits per heavy atom. The number of hydrogen-bond acceptors (Lipinski definition) is 5. The number of amides is 1. The second kappa shape index (κ2) is 6.97. The van der Waals surface area contributed by atoms with Crippen LogP contribution in [0.1, 0.15) is 35.4 Å². The minimum atomic E-state index is -0.452. The fraction of sp³-hybridized carbons (Fsp3) is 0.294. The average Bonchev–Trinajstić information content (AvgIpc) is 2.60. The minimum Gasteiger partial charge on any atom is -0.493 e. The van der Waals surface area contributed by atoms with Gasteiger partial charge < -0.3 is 20.1 Å². The lowest BCUT2D eigenvalue weighted by atomic mass is 10.1. The van der Waals surface area contributed by atoms with Crippen molar-refractivity contribution in [2.45, 2.75) is 19.5 Å². The lowest BCUT2D eigenvalue weighted by molar-refractivity contribution is 0.0935. The number of carbonyl (C=O) groups is 1. The van der Waals surface area contributed by atoms with E-state index in [0.717, 1.165) is 12.0 Å². The summed E-state index contributed by atoms with van der Waals surface area (Å²) in [6.07, 6.45) is 2.05. The van der Waals surface area contributed by atoms with E-state index in [2.05, 4.69) is 15.6 Å². The van der Waals surface area contributed by atoms with Crippen LogP contribution >= 0.6 is 11.6 Å². The van der Waals surface area contributed by atoms with E-state index in [1.165, 1.54) is 0 Å². The molecule has 2 N–H and O–H groups in total. The number of hydrogen-bond donors (Lipinski definition) is 2. The van der Waals surface area contributed by atoms with E-state index in [1.54, 1.807) is 37.6 Å². The predicted octanol–water partition coefficient (Wildman–Crippen LogP) is 3.39. The maximum absolute atomic E-state index is 12.2. The molecule has 0 bridgehead atoms. The molecule has 0 aliphatic carbocycles. The molecule has 2 heterocycles. The van der Waals surface area contributed by atoms with Gasteiger partial charge in [-0.1, -0.05) is 18.5 Å². The van der Waals surface area contributed by atoms with Gasteiger partial charge in [0, 0.05) is 6.20 Å². The zero-order valence-corrected chi connectivity index (χ0v) is 14.2. The number of anilines is 1. The van der Waals surface area contributed by atoms with Gasteiger partial charge in [-0.3, -0.25) is 4.79 Å². The van der Waals surface area contributed by atoms with Crippen LogP contribution in [0.25, 0.3) is 0 Å². The zero-order chi connectivity index (χ0) is 17.1. The van der Waals surface area contributed by atoms with E-state index in [4.69, 9.17) is 21.1 Å². The number of nitrogens with one attached hydrogen (secondary N) is 2. The van der Waals surface area contributed by atoms with Gasteiger partial charge >= 0.3 is 0 Å². The number of methoxy groups -OCH3 is 1. The molecule has 1 amide bonds. The first-order valence-electron chi connectivity index (χ1n) is 7.66.